The second-order valence-corrected chi connectivity index (χ2v) is 8.35. The number of halogens is 3. The number of rotatable bonds is 5. The van der Waals surface area contributed by atoms with Crippen LogP contribution in [0, 0.1) is 0 Å². The Morgan fingerprint density at radius 1 is 1.12 bits per heavy atom. The maximum atomic E-state index is 13.7. The highest BCUT2D eigenvalue weighted by atomic mass is 32.2. The smallest absolute Gasteiger partial charge is 0.420 e. The normalized spacial score (nSPS) is 20.0. The lowest BCUT2D eigenvalue weighted by molar-refractivity contribution is -0.138. The summed E-state index contributed by atoms with van der Waals surface area (Å²) in [5.41, 5.74) is -0.0510. The van der Waals surface area contributed by atoms with Gasteiger partial charge in [0.25, 0.3) is 11.1 Å². The monoisotopic (exact) mass is 478 g/mol. The molecule has 2 N–H and O–H groups in total. The molecular formula is C22H17F3N2O5S. The van der Waals surface area contributed by atoms with Crippen LogP contribution in [0.3, 0.4) is 0 Å². The van der Waals surface area contributed by atoms with Crippen LogP contribution < -0.4 is 15.4 Å². The van der Waals surface area contributed by atoms with Crippen LogP contribution in [-0.2, 0) is 26.9 Å². The summed E-state index contributed by atoms with van der Waals surface area (Å²) in [5, 5.41) is 4.28. The van der Waals surface area contributed by atoms with Crippen molar-refractivity contribution in [1.29, 1.82) is 0 Å². The highest BCUT2D eigenvalue weighted by Crippen LogP contribution is 2.39. The van der Waals surface area contributed by atoms with E-state index in [-0.39, 0.29) is 34.8 Å². The van der Waals surface area contributed by atoms with Gasteiger partial charge < -0.3 is 14.8 Å². The lowest BCUT2D eigenvalue weighted by atomic mass is 10.1. The number of benzene rings is 2. The Labute approximate surface area is 190 Å². The molecule has 7 nitrogen and oxygen atoms in total. The fourth-order valence-corrected chi connectivity index (χ4v) is 4.02. The van der Waals surface area contributed by atoms with E-state index < -0.39 is 28.6 Å². The van der Waals surface area contributed by atoms with E-state index >= 15 is 0 Å². The largest absolute Gasteiger partial charge is 0.457 e. The summed E-state index contributed by atoms with van der Waals surface area (Å²) in [6, 6.07) is 9.71. The molecule has 0 aromatic heterocycles. The highest BCUT2D eigenvalue weighted by Gasteiger charge is 2.35. The van der Waals surface area contributed by atoms with Gasteiger partial charge in [-0.2, -0.15) is 13.2 Å². The fraction of sp³-hybridized carbons (Fsp3) is 0.227. The first kappa shape index (κ1) is 22.9. The van der Waals surface area contributed by atoms with E-state index in [4.69, 9.17) is 9.47 Å². The van der Waals surface area contributed by atoms with Crippen molar-refractivity contribution in [3.8, 4) is 11.5 Å². The van der Waals surface area contributed by atoms with Crippen molar-refractivity contribution in [3.63, 3.8) is 0 Å². The van der Waals surface area contributed by atoms with Crippen LogP contribution in [0.5, 0.6) is 11.5 Å². The first-order chi connectivity index (χ1) is 15.7. The summed E-state index contributed by atoms with van der Waals surface area (Å²) in [6.45, 7) is 0.417. The summed E-state index contributed by atoms with van der Waals surface area (Å²) in [5.74, 6) is -1.04. The van der Waals surface area contributed by atoms with E-state index in [1.54, 1.807) is 24.3 Å². The molecule has 2 aromatic carbocycles. The van der Waals surface area contributed by atoms with Crippen LogP contribution in [0.4, 0.5) is 18.0 Å². The molecule has 4 rings (SSSR count). The van der Waals surface area contributed by atoms with E-state index in [1.165, 1.54) is 12.1 Å². The van der Waals surface area contributed by atoms with Gasteiger partial charge in [0.1, 0.15) is 18.1 Å². The Hall–Kier alpha value is -3.31. The molecule has 2 fully saturated rings. The molecule has 1 unspecified atom stereocenters. The molecule has 3 amide bonds. The zero-order chi connectivity index (χ0) is 23.6. The number of thioether (sulfide) groups is 1. The summed E-state index contributed by atoms with van der Waals surface area (Å²) < 4.78 is 51.6. The molecule has 2 heterocycles. The van der Waals surface area contributed by atoms with Gasteiger partial charge in [-0.1, -0.05) is 18.2 Å². The van der Waals surface area contributed by atoms with E-state index in [9.17, 15) is 27.6 Å². The molecule has 2 saturated heterocycles. The Bertz CT molecular complexity index is 1130. The van der Waals surface area contributed by atoms with Gasteiger partial charge in [-0.25, -0.2) is 0 Å². The molecule has 2 aromatic rings. The number of nitrogens with one attached hydrogen (secondary N) is 2. The minimum Gasteiger partial charge on any atom is -0.457 e. The zero-order valence-electron chi connectivity index (χ0n) is 16.9. The number of hydrogen-bond donors (Lipinski definition) is 2. The van der Waals surface area contributed by atoms with Crippen molar-refractivity contribution in [2.24, 2.45) is 0 Å². The number of hydrogen-bond acceptors (Lipinski definition) is 6. The van der Waals surface area contributed by atoms with Gasteiger partial charge in [0.2, 0.25) is 5.91 Å². The topological polar surface area (TPSA) is 93.7 Å². The van der Waals surface area contributed by atoms with Gasteiger partial charge in [0.15, 0.2) is 0 Å². The lowest BCUT2D eigenvalue weighted by Crippen LogP contribution is -2.46. The van der Waals surface area contributed by atoms with Crippen LogP contribution in [0.1, 0.15) is 16.7 Å². The van der Waals surface area contributed by atoms with Crippen molar-refractivity contribution in [3.05, 3.63) is 64.1 Å². The third kappa shape index (κ3) is 5.74. The first-order valence-electron chi connectivity index (χ1n) is 9.77. The van der Waals surface area contributed by atoms with E-state index in [0.29, 0.717) is 24.8 Å². The van der Waals surface area contributed by atoms with Crippen LogP contribution >= 0.6 is 11.8 Å². The van der Waals surface area contributed by atoms with Gasteiger partial charge >= 0.3 is 6.18 Å². The number of carbonyl (C=O) groups is 3. The average Bonchev–Trinajstić information content (AvgIpc) is 3.06. The van der Waals surface area contributed by atoms with Crippen LogP contribution in [-0.4, -0.2) is 36.3 Å². The minimum absolute atomic E-state index is 0.0111. The Balaban J connectivity index is 1.51. The minimum atomic E-state index is -4.70. The van der Waals surface area contributed by atoms with E-state index in [2.05, 4.69) is 10.6 Å². The molecule has 0 spiro atoms. The number of amides is 3. The Kier molecular flexibility index (Phi) is 6.43. The SMILES string of the molecule is O=C1COCC(Cc2ccc(Oc3ccc(/C=C4/SC(=O)NC4=O)cc3C(F)(F)F)cc2)N1. The van der Waals surface area contributed by atoms with Gasteiger partial charge in [0.05, 0.1) is 23.1 Å². The first-order valence-corrected chi connectivity index (χ1v) is 10.6. The van der Waals surface area contributed by atoms with Crippen molar-refractivity contribution in [2.45, 2.75) is 18.6 Å². The Morgan fingerprint density at radius 2 is 1.88 bits per heavy atom. The molecule has 2 aliphatic heterocycles. The fourth-order valence-electron chi connectivity index (χ4n) is 3.34. The van der Waals surface area contributed by atoms with Gasteiger partial charge in [-0.05, 0) is 59.7 Å². The zero-order valence-corrected chi connectivity index (χ0v) is 17.7. The van der Waals surface area contributed by atoms with Gasteiger partial charge in [-0.15, -0.1) is 0 Å². The standard InChI is InChI=1S/C22H17F3N2O5S/c23-22(24,25)16-8-13(9-18-20(29)27-21(30)33-18)3-6-17(16)32-15-4-1-12(2-5-15)7-14-10-31-11-19(28)26-14/h1-6,8-9,14H,7,10-11H2,(H,26,28)(H,27,29,30)/b18-9+. The number of ether oxygens (including phenoxy) is 2. The second-order valence-electron chi connectivity index (χ2n) is 7.34. The predicted octanol–water partition coefficient (Wildman–Crippen LogP) is 3.88. The molecule has 172 valence electrons. The predicted molar refractivity (Wildman–Crippen MR) is 114 cm³/mol. The van der Waals surface area contributed by atoms with E-state index in [1.807, 2.05) is 0 Å². The average molecular weight is 478 g/mol. The third-order valence-corrected chi connectivity index (χ3v) is 5.61. The van der Waals surface area contributed by atoms with Crippen molar-refractivity contribution >= 4 is 34.9 Å². The van der Waals surface area contributed by atoms with Crippen LogP contribution in [0.25, 0.3) is 6.08 Å². The summed E-state index contributed by atoms with van der Waals surface area (Å²) >= 11 is 0.620. The molecular weight excluding hydrogens is 461 g/mol. The molecule has 2 aliphatic rings. The number of imide groups is 1. The van der Waals surface area contributed by atoms with Crippen molar-refractivity contribution in [1.82, 2.24) is 10.6 Å². The lowest BCUT2D eigenvalue weighted by Gasteiger charge is -2.23. The number of alkyl halides is 3. The molecule has 33 heavy (non-hydrogen) atoms. The Morgan fingerprint density at radius 3 is 2.52 bits per heavy atom. The highest BCUT2D eigenvalue weighted by molar-refractivity contribution is 8.18. The molecule has 0 aliphatic carbocycles. The second kappa shape index (κ2) is 9.28. The third-order valence-electron chi connectivity index (χ3n) is 4.80. The maximum Gasteiger partial charge on any atom is 0.420 e. The maximum absolute atomic E-state index is 13.7. The van der Waals surface area contributed by atoms with Crippen molar-refractivity contribution < 1.29 is 37.0 Å². The molecule has 0 saturated carbocycles. The quantitative estimate of drug-likeness (QED) is 0.634. The summed E-state index contributed by atoms with van der Waals surface area (Å²) in [6.07, 6.45) is -2.98. The number of carbonyl (C=O) groups excluding carboxylic acids is 3. The molecule has 1 atom stereocenters. The van der Waals surface area contributed by atoms with Gasteiger partial charge in [-0.3, -0.25) is 19.7 Å². The van der Waals surface area contributed by atoms with E-state index in [0.717, 1.165) is 17.7 Å². The van der Waals surface area contributed by atoms with Crippen molar-refractivity contribution in [2.75, 3.05) is 13.2 Å². The number of morpholine rings is 1. The molecule has 11 heteroatoms. The summed E-state index contributed by atoms with van der Waals surface area (Å²) in [4.78, 5) is 34.3. The molecule has 0 radical (unpaired) electrons. The van der Waals surface area contributed by atoms with Crippen LogP contribution in [0.15, 0.2) is 47.4 Å². The summed E-state index contributed by atoms with van der Waals surface area (Å²) in [7, 11) is 0. The van der Waals surface area contributed by atoms with Gasteiger partial charge in [0, 0.05) is 0 Å². The molecule has 0 bridgehead atoms. The van der Waals surface area contributed by atoms with Crippen LogP contribution in [0.2, 0.25) is 0 Å².